The predicted molar refractivity (Wildman–Crippen MR) is 103 cm³/mol. The Morgan fingerprint density at radius 2 is 1.96 bits per heavy atom. The number of carbonyl (C=O) groups excluding carboxylic acids is 2. The van der Waals surface area contributed by atoms with E-state index in [0.29, 0.717) is 28.6 Å². The predicted octanol–water partition coefficient (Wildman–Crippen LogP) is 4.39. The molecule has 140 valence electrons. The zero-order chi connectivity index (χ0) is 19.4. The molecule has 0 radical (unpaired) electrons. The Morgan fingerprint density at radius 3 is 2.63 bits per heavy atom. The molecule has 2 heterocycles. The molecular weight excluding hydrogens is 384 g/mol. The number of thioether (sulfide) groups is 1. The Balaban J connectivity index is 1.64. The summed E-state index contributed by atoms with van der Waals surface area (Å²) >= 11 is 2.95. The first-order valence-electron chi connectivity index (χ1n) is 8.22. The van der Waals surface area contributed by atoms with Crippen molar-refractivity contribution < 1.29 is 18.8 Å². The topological polar surface area (TPSA) is 82.3 Å². The number of esters is 1. The lowest BCUT2D eigenvalue weighted by Crippen LogP contribution is -2.15. The van der Waals surface area contributed by atoms with E-state index in [4.69, 9.17) is 9.26 Å². The summed E-state index contributed by atoms with van der Waals surface area (Å²) in [4.78, 5) is 31.6. The summed E-state index contributed by atoms with van der Waals surface area (Å²) in [6.45, 7) is 5.30. The zero-order valence-corrected chi connectivity index (χ0v) is 16.8. The summed E-state index contributed by atoms with van der Waals surface area (Å²) < 4.78 is 10.3. The van der Waals surface area contributed by atoms with Gasteiger partial charge < -0.3 is 9.26 Å². The second-order valence-corrected chi connectivity index (χ2v) is 8.32. The maximum atomic E-state index is 12.5. The number of thiophene rings is 1. The van der Waals surface area contributed by atoms with Gasteiger partial charge in [0.2, 0.25) is 11.7 Å². The van der Waals surface area contributed by atoms with Crippen molar-refractivity contribution in [2.24, 2.45) is 0 Å². The van der Waals surface area contributed by atoms with Crippen molar-refractivity contribution in [1.29, 1.82) is 0 Å². The summed E-state index contributed by atoms with van der Waals surface area (Å²) in [5, 5.41) is 3.75. The number of carbonyl (C=O) groups is 2. The average Bonchev–Trinajstić information content (AvgIpc) is 3.22. The minimum Gasteiger partial charge on any atom is -0.454 e. The first-order chi connectivity index (χ1) is 12.9. The number of rotatable bonds is 7. The van der Waals surface area contributed by atoms with Crippen molar-refractivity contribution >= 4 is 34.9 Å². The van der Waals surface area contributed by atoms with Gasteiger partial charge in [-0.2, -0.15) is 4.98 Å². The summed E-state index contributed by atoms with van der Waals surface area (Å²) in [7, 11) is 0. The lowest BCUT2D eigenvalue weighted by molar-refractivity contribution is 0.0471. The fourth-order valence-electron chi connectivity index (χ4n) is 2.49. The molecule has 27 heavy (non-hydrogen) atoms. The van der Waals surface area contributed by atoms with Crippen molar-refractivity contribution in [3.63, 3.8) is 0 Å². The van der Waals surface area contributed by atoms with Gasteiger partial charge in [0.1, 0.15) is 0 Å². The summed E-state index contributed by atoms with van der Waals surface area (Å²) in [5.74, 6) is 0.765. The molecule has 0 amide bonds. The van der Waals surface area contributed by atoms with E-state index in [9.17, 15) is 9.59 Å². The number of hydrogen-bond acceptors (Lipinski definition) is 8. The van der Waals surface area contributed by atoms with Gasteiger partial charge in [-0.3, -0.25) is 4.79 Å². The molecule has 0 bridgehead atoms. The van der Waals surface area contributed by atoms with Gasteiger partial charge in [0.05, 0.1) is 11.3 Å². The minimum absolute atomic E-state index is 0.198. The molecule has 6 nitrogen and oxygen atoms in total. The number of ether oxygens (including phenoxy) is 1. The van der Waals surface area contributed by atoms with Crippen LogP contribution in [0.3, 0.4) is 0 Å². The van der Waals surface area contributed by atoms with Crippen LogP contribution in [0, 0.1) is 20.8 Å². The Bertz CT molecular complexity index is 978. The molecule has 0 atom stereocenters. The van der Waals surface area contributed by atoms with Crippen LogP contribution in [0.1, 0.15) is 42.2 Å². The minimum atomic E-state index is -0.530. The maximum absolute atomic E-state index is 12.5. The molecule has 0 saturated heterocycles. The Morgan fingerprint density at radius 1 is 1.19 bits per heavy atom. The lowest BCUT2D eigenvalue weighted by Gasteiger charge is -2.08. The van der Waals surface area contributed by atoms with E-state index in [0.717, 1.165) is 14.6 Å². The van der Waals surface area contributed by atoms with Crippen LogP contribution in [0.2, 0.25) is 0 Å². The number of aryl methyl sites for hydroxylation is 3. The second kappa shape index (κ2) is 8.49. The summed E-state index contributed by atoms with van der Waals surface area (Å²) in [6.07, 6.45) is 0. The normalized spacial score (nSPS) is 10.8. The van der Waals surface area contributed by atoms with E-state index < -0.39 is 5.97 Å². The van der Waals surface area contributed by atoms with E-state index in [1.807, 2.05) is 32.0 Å². The number of Topliss-reactive ketones (excluding diaryl/α,β-unsaturated/α-hetero) is 1. The third-order valence-corrected chi connectivity index (χ3v) is 5.73. The van der Waals surface area contributed by atoms with Crippen LogP contribution in [-0.4, -0.2) is 28.5 Å². The monoisotopic (exact) mass is 402 g/mol. The smallest absolute Gasteiger partial charge is 0.339 e. The van der Waals surface area contributed by atoms with E-state index >= 15 is 0 Å². The fraction of sp³-hybridized carbons (Fsp3) is 0.263. The standard InChI is InChI=1S/C19H18N2O4S2/c1-11-8-15(12(2)27-11)16(22)9-24-19(23)14-6-4-5-7-17(14)26-10-18-20-13(3)21-25-18/h4-8H,9-10H2,1-3H3. The van der Waals surface area contributed by atoms with Gasteiger partial charge in [0.25, 0.3) is 0 Å². The zero-order valence-electron chi connectivity index (χ0n) is 15.1. The van der Waals surface area contributed by atoms with Crippen molar-refractivity contribution in [2.45, 2.75) is 31.4 Å². The number of aromatic nitrogens is 2. The van der Waals surface area contributed by atoms with E-state index in [2.05, 4.69) is 10.1 Å². The van der Waals surface area contributed by atoms with Crippen molar-refractivity contribution in [3.8, 4) is 0 Å². The number of ketones is 1. The van der Waals surface area contributed by atoms with Crippen LogP contribution in [0.5, 0.6) is 0 Å². The molecule has 0 aliphatic carbocycles. The van der Waals surface area contributed by atoms with Gasteiger partial charge in [0.15, 0.2) is 12.4 Å². The van der Waals surface area contributed by atoms with Crippen LogP contribution < -0.4 is 0 Å². The van der Waals surface area contributed by atoms with Crippen molar-refractivity contribution in [1.82, 2.24) is 10.1 Å². The van der Waals surface area contributed by atoms with Crippen molar-refractivity contribution in [3.05, 3.63) is 62.9 Å². The maximum Gasteiger partial charge on any atom is 0.339 e. The van der Waals surface area contributed by atoms with Gasteiger partial charge >= 0.3 is 5.97 Å². The van der Waals surface area contributed by atoms with E-state index in [1.165, 1.54) is 11.8 Å². The molecule has 1 aromatic carbocycles. The Labute approximate surface area is 164 Å². The summed E-state index contributed by atoms with van der Waals surface area (Å²) in [6, 6.07) is 8.91. The third kappa shape index (κ3) is 4.84. The first-order valence-corrected chi connectivity index (χ1v) is 10.0. The quantitative estimate of drug-likeness (QED) is 0.329. The molecule has 0 spiro atoms. The number of hydrogen-bond donors (Lipinski definition) is 0. The van der Waals surface area contributed by atoms with Gasteiger partial charge in [0, 0.05) is 20.2 Å². The van der Waals surface area contributed by atoms with Gasteiger partial charge in [-0.15, -0.1) is 23.1 Å². The van der Waals surface area contributed by atoms with Gasteiger partial charge in [-0.05, 0) is 39.0 Å². The molecule has 0 saturated carbocycles. The van der Waals surface area contributed by atoms with Crippen LogP contribution in [-0.2, 0) is 10.5 Å². The van der Waals surface area contributed by atoms with E-state index in [-0.39, 0.29) is 12.4 Å². The lowest BCUT2D eigenvalue weighted by atomic mass is 10.2. The molecule has 0 N–H and O–H groups in total. The van der Waals surface area contributed by atoms with Crippen molar-refractivity contribution in [2.75, 3.05) is 6.61 Å². The highest BCUT2D eigenvalue weighted by Gasteiger charge is 2.18. The molecular formula is C19H18N2O4S2. The molecule has 0 aliphatic rings. The SMILES string of the molecule is Cc1noc(CSc2ccccc2C(=O)OCC(=O)c2cc(C)sc2C)n1. The number of benzene rings is 1. The first kappa shape index (κ1) is 19.3. The molecule has 0 fully saturated rings. The highest BCUT2D eigenvalue weighted by atomic mass is 32.2. The number of nitrogens with zero attached hydrogens (tertiary/aromatic N) is 2. The molecule has 2 aromatic heterocycles. The highest BCUT2D eigenvalue weighted by Crippen LogP contribution is 2.26. The van der Waals surface area contributed by atoms with E-state index in [1.54, 1.807) is 30.4 Å². The molecule has 3 aromatic rings. The van der Waals surface area contributed by atoms with Gasteiger partial charge in [-0.25, -0.2) is 4.79 Å². The van der Waals surface area contributed by atoms with Crippen LogP contribution >= 0.6 is 23.1 Å². The Hall–Kier alpha value is -2.45. The molecule has 0 aliphatic heterocycles. The largest absolute Gasteiger partial charge is 0.454 e. The van der Waals surface area contributed by atoms with Crippen LogP contribution in [0.4, 0.5) is 0 Å². The Kier molecular flexibility index (Phi) is 6.08. The highest BCUT2D eigenvalue weighted by molar-refractivity contribution is 7.98. The van der Waals surface area contributed by atoms with Gasteiger partial charge in [-0.1, -0.05) is 17.3 Å². The van der Waals surface area contributed by atoms with Crippen LogP contribution in [0.15, 0.2) is 39.8 Å². The molecule has 8 heteroatoms. The average molecular weight is 402 g/mol. The second-order valence-electron chi connectivity index (χ2n) is 5.85. The van der Waals surface area contributed by atoms with Crippen LogP contribution in [0.25, 0.3) is 0 Å². The molecule has 3 rings (SSSR count). The molecule has 0 unspecified atom stereocenters. The summed E-state index contributed by atoms with van der Waals surface area (Å²) in [5.41, 5.74) is 1.02. The fourth-order valence-corrected chi connectivity index (χ4v) is 4.31. The third-order valence-electron chi connectivity index (χ3n) is 3.70.